The lowest BCUT2D eigenvalue weighted by atomic mass is 10.1. The van der Waals surface area contributed by atoms with Gasteiger partial charge >= 0.3 is 0 Å². The predicted octanol–water partition coefficient (Wildman–Crippen LogP) is 3.96. The molecule has 18 heavy (non-hydrogen) atoms. The highest BCUT2D eigenvalue weighted by atomic mass is 79.9. The van der Waals surface area contributed by atoms with Crippen molar-refractivity contribution >= 4 is 33.0 Å². The Morgan fingerprint density at radius 1 is 1.22 bits per heavy atom. The van der Waals surface area contributed by atoms with Gasteiger partial charge < -0.3 is 11.1 Å². The Morgan fingerprint density at radius 2 is 2.00 bits per heavy atom. The molecule has 0 aromatic heterocycles. The summed E-state index contributed by atoms with van der Waals surface area (Å²) in [7, 11) is 0. The minimum Gasteiger partial charge on any atom is -0.399 e. The Bertz CT molecular complexity index is 629. The molecule has 0 unspecified atom stereocenters. The van der Waals surface area contributed by atoms with Crippen LogP contribution in [0.4, 0.5) is 17.1 Å². The summed E-state index contributed by atoms with van der Waals surface area (Å²) in [4.78, 5) is 0. The van der Waals surface area contributed by atoms with E-state index >= 15 is 0 Å². The molecule has 3 nitrogen and oxygen atoms in total. The largest absolute Gasteiger partial charge is 0.399 e. The molecule has 3 N–H and O–H groups in total. The lowest BCUT2D eigenvalue weighted by Gasteiger charge is -2.11. The summed E-state index contributed by atoms with van der Waals surface area (Å²) in [5.41, 5.74) is 9.66. The van der Waals surface area contributed by atoms with E-state index in [0.717, 1.165) is 21.4 Å². The number of hydrogen-bond donors (Lipinski definition) is 2. The maximum absolute atomic E-state index is 9.17. The summed E-state index contributed by atoms with van der Waals surface area (Å²) in [5, 5.41) is 12.4. The number of rotatable bonds is 2. The molecular formula is C14H12BrN3. The molecule has 0 amide bonds. The number of benzene rings is 2. The van der Waals surface area contributed by atoms with Crippen molar-refractivity contribution in [3.8, 4) is 6.07 Å². The van der Waals surface area contributed by atoms with Gasteiger partial charge in [0.25, 0.3) is 0 Å². The van der Waals surface area contributed by atoms with Crippen LogP contribution in [0.25, 0.3) is 0 Å². The van der Waals surface area contributed by atoms with Crippen LogP contribution in [0.1, 0.15) is 11.1 Å². The normalized spacial score (nSPS) is 9.83. The van der Waals surface area contributed by atoms with Gasteiger partial charge in [0, 0.05) is 10.2 Å². The van der Waals surface area contributed by atoms with Crippen LogP contribution in [-0.2, 0) is 0 Å². The fourth-order valence-electron chi connectivity index (χ4n) is 1.70. The molecule has 0 spiro atoms. The van der Waals surface area contributed by atoms with Gasteiger partial charge in [0.15, 0.2) is 0 Å². The van der Waals surface area contributed by atoms with Gasteiger partial charge in [-0.25, -0.2) is 0 Å². The quantitative estimate of drug-likeness (QED) is 0.826. The second kappa shape index (κ2) is 5.11. The van der Waals surface area contributed by atoms with Gasteiger partial charge in [0.2, 0.25) is 0 Å². The molecule has 0 aliphatic rings. The zero-order valence-electron chi connectivity index (χ0n) is 9.87. The smallest absolute Gasteiger partial charge is 0.102 e. The molecule has 0 atom stereocenters. The molecule has 0 radical (unpaired) electrons. The van der Waals surface area contributed by atoms with E-state index in [2.05, 4.69) is 27.3 Å². The van der Waals surface area contributed by atoms with Crippen LogP contribution in [0.15, 0.2) is 40.9 Å². The van der Waals surface area contributed by atoms with Crippen LogP contribution in [0.5, 0.6) is 0 Å². The molecule has 0 bridgehead atoms. The summed E-state index contributed by atoms with van der Waals surface area (Å²) in [5.74, 6) is 0. The maximum atomic E-state index is 9.17. The van der Waals surface area contributed by atoms with Gasteiger partial charge in [-0.1, -0.05) is 12.1 Å². The highest BCUT2D eigenvalue weighted by Gasteiger charge is 2.07. The molecule has 0 heterocycles. The summed E-state index contributed by atoms with van der Waals surface area (Å²) >= 11 is 3.44. The van der Waals surface area contributed by atoms with Crippen LogP contribution in [0.3, 0.4) is 0 Å². The Hall–Kier alpha value is -1.99. The third-order valence-electron chi connectivity index (χ3n) is 2.65. The second-order valence-corrected chi connectivity index (χ2v) is 4.83. The van der Waals surface area contributed by atoms with Crippen molar-refractivity contribution in [3.63, 3.8) is 0 Å². The van der Waals surface area contributed by atoms with E-state index in [4.69, 9.17) is 11.0 Å². The summed E-state index contributed by atoms with van der Waals surface area (Å²) in [6.45, 7) is 1.92. The number of nitrogens with two attached hydrogens (primary N) is 1. The standard InChI is InChI=1S/C14H12BrN3/c1-9-3-2-4-13(11(9)8-16)18-14-6-5-10(17)7-12(14)15/h2-7,18H,17H2,1H3. The van der Waals surface area contributed by atoms with E-state index in [9.17, 15) is 0 Å². The van der Waals surface area contributed by atoms with Gasteiger partial charge in [-0.15, -0.1) is 0 Å². The number of nitrogen functional groups attached to an aromatic ring is 1. The molecule has 0 aliphatic carbocycles. The van der Waals surface area contributed by atoms with Gasteiger partial charge in [-0.05, 0) is 52.7 Å². The van der Waals surface area contributed by atoms with E-state index in [1.54, 1.807) is 0 Å². The van der Waals surface area contributed by atoms with Crippen LogP contribution in [0.2, 0.25) is 0 Å². The molecule has 0 fully saturated rings. The fourth-order valence-corrected chi connectivity index (χ4v) is 2.19. The molecule has 0 saturated carbocycles. The molecule has 2 aromatic carbocycles. The Balaban J connectivity index is 2.41. The van der Waals surface area contributed by atoms with E-state index in [1.165, 1.54) is 0 Å². The number of hydrogen-bond acceptors (Lipinski definition) is 3. The molecule has 90 valence electrons. The van der Waals surface area contributed by atoms with E-state index in [-0.39, 0.29) is 0 Å². The summed E-state index contributed by atoms with van der Waals surface area (Å²) < 4.78 is 0.868. The number of nitrogens with zero attached hydrogens (tertiary/aromatic N) is 1. The highest BCUT2D eigenvalue weighted by molar-refractivity contribution is 9.10. The van der Waals surface area contributed by atoms with Crippen molar-refractivity contribution in [2.45, 2.75) is 6.92 Å². The van der Waals surface area contributed by atoms with Crippen LogP contribution >= 0.6 is 15.9 Å². The number of nitriles is 1. The molecule has 2 aromatic rings. The maximum Gasteiger partial charge on any atom is 0.102 e. The number of nitrogens with one attached hydrogen (secondary N) is 1. The van der Waals surface area contributed by atoms with Crippen molar-refractivity contribution in [1.82, 2.24) is 0 Å². The van der Waals surface area contributed by atoms with Gasteiger partial charge in [0.05, 0.1) is 16.9 Å². The minimum atomic E-state index is 0.654. The molecule has 0 aliphatic heterocycles. The molecule has 4 heteroatoms. The average molecular weight is 302 g/mol. The number of halogens is 1. The van der Waals surface area contributed by atoms with Gasteiger partial charge in [-0.2, -0.15) is 5.26 Å². The fraction of sp³-hybridized carbons (Fsp3) is 0.0714. The van der Waals surface area contributed by atoms with Crippen molar-refractivity contribution in [2.75, 3.05) is 11.1 Å². The first-order valence-corrected chi connectivity index (χ1v) is 6.23. The highest BCUT2D eigenvalue weighted by Crippen LogP contribution is 2.29. The first-order chi connectivity index (χ1) is 8.61. The zero-order valence-corrected chi connectivity index (χ0v) is 11.5. The predicted molar refractivity (Wildman–Crippen MR) is 77.7 cm³/mol. The Morgan fingerprint density at radius 3 is 2.67 bits per heavy atom. The Labute approximate surface area is 114 Å². The molecule has 2 rings (SSSR count). The molecule has 0 saturated heterocycles. The lowest BCUT2D eigenvalue weighted by molar-refractivity contribution is 1.38. The average Bonchev–Trinajstić information content (AvgIpc) is 2.33. The SMILES string of the molecule is Cc1cccc(Nc2ccc(N)cc2Br)c1C#N. The zero-order chi connectivity index (χ0) is 13.1. The minimum absolute atomic E-state index is 0.654. The van der Waals surface area contributed by atoms with Crippen LogP contribution in [0, 0.1) is 18.3 Å². The van der Waals surface area contributed by atoms with Crippen molar-refractivity contribution < 1.29 is 0 Å². The van der Waals surface area contributed by atoms with Crippen molar-refractivity contribution in [3.05, 3.63) is 52.0 Å². The summed E-state index contributed by atoms with van der Waals surface area (Å²) in [6, 6.07) is 13.5. The topological polar surface area (TPSA) is 61.8 Å². The van der Waals surface area contributed by atoms with Crippen molar-refractivity contribution in [1.29, 1.82) is 5.26 Å². The summed E-state index contributed by atoms with van der Waals surface area (Å²) in [6.07, 6.45) is 0. The van der Waals surface area contributed by atoms with E-state index in [1.807, 2.05) is 43.3 Å². The number of anilines is 3. The van der Waals surface area contributed by atoms with E-state index < -0.39 is 0 Å². The monoisotopic (exact) mass is 301 g/mol. The second-order valence-electron chi connectivity index (χ2n) is 3.97. The van der Waals surface area contributed by atoms with E-state index in [0.29, 0.717) is 11.3 Å². The lowest BCUT2D eigenvalue weighted by Crippen LogP contribution is -1.97. The first kappa shape index (κ1) is 12.5. The van der Waals surface area contributed by atoms with Crippen molar-refractivity contribution in [2.24, 2.45) is 0 Å². The third kappa shape index (κ3) is 2.47. The first-order valence-electron chi connectivity index (χ1n) is 5.43. The number of aryl methyl sites for hydroxylation is 1. The van der Waals surface area contributed by atoms with Crippen LogP contribution in [-0.4, -0.2) is 0 Å². The molecular weight excluding hydrogens is 290 g/mol. The van der Waals surface area contributed by atoms with Crippen LogP contribution < -0.4 is 11.1 Å². The van der Waals surface area contributed by atoms with Gasteiger partial charge in [0.1, 0.15) is 6.07 Å². The van der Waals surface area contributed by atoms with Gasteiger partial charge in [-0.3, -0.25) is 0 Å². The Kier molecular flexibility index (Phi) is 3.54. The third-order valence-corrected chi connectivity index (χ3v) is 3.30.